The number of pyridine rings is 1. The molecule has 0 radical (unpaired) electrons. The number of nitrogens with two attached hydrogens (primary N) is 2. The quantitative estimate of drug-likeness (QED) is 0.459. The lowest BCUT2D eigenvalue weighted by Crippen LogP contribution is -2.38. The Bertz CT molecular complexity index is 929. The molecule has 176 valence electrons. The van der Waals surface area contributed by atoms with E-state index in [1.165, 1.54) is 6.07 Å². The monoisotopic (exact) mass is 443 g/mol. The number of hydrogen-bond donors (Lipinski definition) is 4. The zero-order valence-corrected chi connectivity index (χ0v) is 20.2. The molecular weight excluding hydrogens is 405 g/mol. The fraction of sp³-hybridized carbons (Fsp3) is 0.500. The normalized spacial score (nSPS) is 18.6. The number of nitrogens with one attached hydrogen (secondary N) is 2. The van der Waals surface area contributed by atoms with E-state index >= 15 is 0 Å². The van der Waals surface area contributed by atoms with Gasteiger partial charge in [-0.15, -0.1) is 0 Å². The molecular formula is C24H38FN7. The summed E-state index contributed by atoms with van der Waals surface area (Å²) in [5.41, 5.74) is 16.9. The van der Waals surface area contributed by atoms with Crippen LogP contribution in [0.3, 0.4) is 0 Å². The minimum atomic E-state index is -0.485. The van der Waals surface area contributed by atoms with Crippen LogP contribution in [-0.2, 0) is 0 Å². The number of allylic oxidation sites excluding steroid dienone is 4. The van der Waals surface area contributed by atoms with E-state index < -0.39 is 5.82 Å². The van der Waals surface area contributed by atoms with Crippen molar-refractivity contribution in [2.24, 2.45) is 16.5 Å². The molecule has 8 heteroatoms. The maximum Gasteiger partial charge on any atom is 0.166 e. The zero-order valence-electron chi connectivity index (χ0n) is 20.2. The summed E-state index contributed by atoms with van der Waals surface area (Å²) in [5, 5.41) is 6.54. The average molecular weight is 444 g/mol. The van der Waals surface area contributed by atoms with E-state index in [0.29, 0.717) is 11.4 Å². The van der Waals surface area contributed by atoms with Crippen molar-refractivity contribution < 1.29 is 4.39 Å². The van der Waals surface area contributed by atoms with Gasteiger partial charge in [0.15, 0.2) is 11.6 Å². The maximum absolute atomic E-state index is 14.9. The van der Waals surface area contributed by atoms with E-state index in [4.69, 9.17) is 11.5 Å². The number of aromatic nitrogens is 1. The molecule has 1 heterocycles. The highest BCUT2D eigenvalue weighted by atomic mass is 19.1. The molecule has 0 amide bonds. The van der Waals surface area contributed by atoms with Crippen LogP contribution in [0.4, 0.5) is 16.0 Å². The van der Waals surface area contributed by atoms with Crippen LogP contribution in [0.2, 0.25) is 0 Å². The number of nitrogens with zero attached hydrogens (tertiary/aromatic N) is 3. The number of anilines is 2. The highest BCUT2D eigenvalue weighted by Gasteiger charge is 2.21. The van der Waals surface area contributed by atoms with Gasteiger partial charge in [0.25, 0.3) is 0 Å². The summed E-state index contributed by atoms with van der Waals surface area (Å²) in [7, 11) is 5.82. The molecule has 2 atom stereocenters. The second-order valence-corrected chi connectivity index (χ2v) is 8.50. The van der Waals surface area contributed by atoms with E-state index in [1.54, 1.807) is 0 Å². The summed E-state index contributed by atoms with van der Waals surface area (Å²) in [5.74, 6) is 0.132. The van der Waals surface area contributed by atoms with Crippen molar-refractivity contribution in [2.75, 3.05) is 31.8 Å². The third kappa shape index (κ3) is 6.09. The molecule has 0 aromatic carbocycles. The molecule has 6 N–H and O–H groups in total. The first kappa shape index (κ1) is 25.4. The molecule has 0 saturated heterocycles. The number of halogens is 1. The summed E-state index contributed by atoms with van der Waals surface area (Å²) in [4.78, 5) is 11.1. The van der Waals surface area contributed by atoms with E-state index in [1.807, 2.05) is 28.1 Å². The van der Waals surface area contributed by atoms with Gasteiger partial charge in [0.2, 0.25) is 0 Å². The molecule has 1 aromatic heterocycles. The summed E-state index contributed by atoms with van der Waals surface area (Å²) < 4.78 is 14.9. The van der Waals surface area contributed by atoms with Gasteiger partial charge in [-0.3, -0.25) is 4.99 Å². The lowest BCUT2D eigenvalue weighted by atomic mass is 9.95. The summed E-state index contributed by atoms with van der Waals surface area (Å²) in [6.45, 7) is 9.83. The first-order valence-electron chi connectivity index (χ1n) is 11.1. The van der Waals surface area contributed by atoms with Crippen molar-refractivity contribution >= 4 is 23.0 Å². The van der Waals surface area contributed by atoms with Crippen LogP contribution < -0.4 is 22.1 Å². The average Bonchev–Trinajstić information content (AvgIpc) is 2.74. The Morgan fingerprint density at radius 3 is 2.56 bits per heavy atom. The van der Waals surface area contributed by atoms with Crippen LogP contribution in [0.25, 0.3) is 5.70 Å². The van der Waals surface area contributed by atoms with Crippen molar-refractivity contribution in [1.29, 1.82) is 0 Å². The van der Waals surface area contributed by atoms with Gasteiger partial charge in [0.1, 0.15) is 5.82 Å². The molecule has 32 heavy (non-hydrogen) atoms. The molecule has 2 unspecified atom stereocenters. The van der Waals surface area contributed by atoms with Crippen LogP contribution in [0.5, 0.6) is 0 Å². The Labute approximate surface area is 191 Å². The zero-order chi connectivity index (χ0) is 24.0. The number of hydrogen-bond acceptors (Lipinski definition) is 7. The van der Waals surface area contributed by atoms with E-state index in [2.05, 4.69) is 52.0 Å². The van der Waals surface area contributed by atoms with Crippen LogP contribution in [-0.4, -0.2) is 48.8 Å². The molecule has 0 fully saturated rings. The molecule has 7 nitrogen and oxygen atoms in total. The van der Waals surface area contributed by atoms with Crippen molar-refractivity contribution in [1.82, 2.24) is 9.88 Å². The first-order valence-corrected chi connectivity index (χ1v) is 11.1. The van der Waals surface area contributed by atoms with Crippen LogP contribution in [0.1, 0.15) is 52.0 Å². The summed E-state index contributed by atoms with van der Waals surface area (Å²) >= 11 is 0. The van der Waals surface area contributed by atoms with Gasteiger partial charge in [-0.2, -0.15) is 0 Å². The van der Waals surface area contributed by atoms with Gasteiger partial charge in [-0.1, -0.05) is 19.9 Å². The Hall–Kier alpha value is -2.87. The summed E-state index contributed by atoms with van der Waals surface area (Å²) in [6, 6.07) is 1.14. The van der Waals surface area contributed by atoms with Crippen LogP contribution in [0.15, 0.2) is 40.7 Å². The Morgan fingerprint density at radius 2 is 2.03 bits per heavy atom. The standard InChI is InChI=1S/C24H38FN7/c1-8-9-21(15(3)27)30-24-20(25)13-18(14(2)26)23(31-24)29-17-10-11-22(28-5)19(12-17)16(4)32(6)7/h12-13,15,21H,2,8-11,26-27H2,1,3-7H3,(H2,29,30,31)/b19-16+,28-22?. The van der Waals surface area contributed by atoms with Crippen molar-refractivity contribution in [3.05, 3.63) is 47.1 Å². The lowest BCUT2D eigenvalue weighted by molar-refractivity contribution is 0.511. The predicted molar refractivity (Wildman–Crippen MR) is 134 cm³/mol. The largest absolute Gasteiger partial charge is 0.399 e. The summed E-state index contributed by atoms with van der Waals surface area (Å²) in [6.07, 6.45) is 5.37. The smallest absolute Gasteiger partial charge is 0.166 e. The molecule has 1 aromatic rings. The van der Waals surface area contributed by atoms with Gasteiger partial charge in [0.05, 0.1) is 0 Å². The molecule has 0 bridgehead atoms. The Morgan fingerprint density at radius 1 is 1.34 bits per heavy atom. The molecule has 2 rings (SSSR count). The van der Waals surface area contributed by atoms with Crippen molar-refractivity contribution in [3.8, 4) is 0 Å². The molecule has 0 spiro atoms. The Balaban J connectivity index is 2.47. The number of aliphatic imine (C=N–C) groups is 1. The maximum atomic E-state index is 14.9. The topological polar surface area (TPSA) is 105 Å². The van der Waals surface area contributed by atoms with E-state index in [0.717, 1.165) is 48.4 Å². The fourth-order valence-electron chi connectivity index (χ4n) is 3.64. The van der Waals surface area contributed by atoms with Crippen LogP contribution in [0, 0.1) is 5.82 Å². The lowest BCUT2D eigenvalue weighted by Gasteiger charge is -2.25. The third-order valence-corrected chi connectivity index (χ3v) is 5.75. The van der Waals surface area contributed by atoms with Gasteiger partial charge in [-0.25, -0.2) is 9.37 Å². The Kier molecular flexibility index (Phi) is 8.83. The highest BCUT2D eigenvalue weighted by molar-refractivity contribution is 6.04. The fourth-order valence-corrected chi connectivity index (χ4v) is 3.64. The number of rotatable bonds is 9. The third-order valence-electron chi connectivity index (χ3n) is 5.75. The minimum Gasteiger partial charge on any atom is -0.399 e. The molecule has 0 aliphatic heterocycles. The van der Waals surface area contributed by atoms with E-state index in [9.17, 15) is 4.39 Å². The van der Waals surface area contributed by atoms with Crippen molar-refractivity contribution in [3.63, 3.8) is 0 Å². The second kappa shape index (κ2) is 11.1. The molecule has 1 aliphatic carbocycles. The minimum absolute atomic E-state index is 0.0868. The molecule has 1 aliphatic rings. The van der Waals surface area contributed by atoms with Gasteiger partial charge < -0.3 is 27.0 Å². The molecule has 0 saturated carbocycles. The predicted octanol–water partition coefficient (Wildman–Crippen LogP) is 4.07. The van der Waals surface area contributed by atoms with E-state index in [-0.39, 0.29) is 23.6 Å². The first-order chi connectivity index (χ1) is 15.1. The van der Waals surface area contributed by atoms with Crippen LogP contribution >= 0.6 is 0 Å². The second-order valence-electron chi connectivity index (χ2n) is 8.50. The van der Waals surface area contributed by atoms with Gasteiger partial charge >= 0.3 is 0 Å². The van der Waals surface area contributed by atoms with Gasteiger partial charge in [-0.05, 0) is 45.3 Å². The SMILES string of the molecule is C=C(N)c1cc(F)c(NC(CCC)C(C)N)nc1NC1=C/C(=C(/C)N(C)C)C(=NC)CC1. The highest BCUT2D eigenvalue weighted by Crippen LogP contribution is 2.29. The van der Waals surface area contributed by atoms with Crippen molar-refractivity contribution in [2.45, 2.75) is 58.5 Å². The van der Waals surface area contributed by atoms with Gasteiger partial charge in [0, 0.05) is 67.2 Å².